The number of amides is 1. The second kappa shape index (κ2) is 4.89. The molecule has 2 rings (SSSR count). The van der Waals surface area contributed by atoms with Gasteiger partial charge < -0.3 is 11.1 Å². The summed E-state index contributed by atoms with van der Waals surface area (Å²) >= 11 is 10.5. The number of carbonyl (C=O) groups is 1. The molecule has 108 valence electrons. The van der Waals surface area contributed by atoms with Gasteiger partial charge in [-0.1, -0.05) is 29.9 Å². The largest absolute Gasteiger partial charge is 0.418 e. The van der Waals surface area contributed by atoms with Gasteiger partial charge in [-0.05, 0) is 25.0 Å². The molecule has 1 saturated carbocycles. The van der Waals surface area contributed by atoms with E-state index in [4.69, 9.17) is 29.6 Å². The van der Waals surface area contributed by atoms with Crippen LogP contribution in [0, 0.1) is 5.41 Å². The highest BCUT2D eigenvalue weighted by Gasteiger charge is 2.53. The number of nitrogens with two attached hydrogens (primary N) is 1. The van der Waals surface area contributed by atoms with Gasteiger partial charge in [0.25, 0.3) is 0 Å². The van der Waals surface area contributed by atoms with Gasteiger partial charge in [0.1, 0.15) is 0 Å². The van der Waals surface area contributed by atoms with Gasteiger partial charge in [-0.2, -0.15) is 13.2 Å². The van der Waals surface area contributed by atoms with Crippen LogP contribution < -0.4 is 11.1 Å². The Bertz CT molecular complexity index is 585. The average Bonchev–Trinajstić information content (AvgIpc) is 3.11. The number of hydrogen-bond donors (Lipinski definition) is 2. The first-order chi connectivity index (χ1) is 9.18. The summed E-state index contributed by atoms with van der Waals surface area (Å²) in [7, 11) is 0. The molecule has 0 heterocycles. The highest BCUT2D eigenvalue weighted by molar-refractivity contribution is 7.80. The third-order valence-electron chi connectivity index (χ3n) is 3.21. The molecule has 8 heteroatoms. The molecule has 0 atom stereocenters. The highest BCUT2D eigenvalue weighted by atomic mass is 35.5. The number of anilines is 1. The zero-order chi connectivity index (χ0) is 15.1. The van der Waals surface area contributed by atoms with Crippen LogP contribution in [0.4, 0.5) is 18.9 Å². The normalized spacial score (nSPS) is 16.6. The lowest BCUT2D eigenvalue weighted by Crippen LogP contribution is -2.35. The molecule has 3 nitrogen and oxygen atoms in total. The molecular weight excluding hydrogens is 313 g/mol. The second-order valence-electron chi connectivity index (χ2n) is 4.56. The minimum Gasteiger partial charge on any atom is -0.392 e. The molecule has 1 aliphatic carbocycles. The lowest BCUT2D eigenvalue weighted by molar-refractivity contribution is -0.137. The van der Waals surface area contributed by atoms with Gasteiger partial charge in [-0.15, -0.1) is 0 Å². The number of rotatable bonds is 3. The van der Waals surface area contributed by atoms with Crippen molar-refractivity contribution in [1.29, 1.82) is 0 Å². The van der Waals surface area contributed by atoms with Crippen LogP contribution in [0.5, 0.6) is 0 Å². The number of nitrogens with one attached hydrogen (secondary N) is 1. The van der Waals surface area contributed by atoms with Crippen molar-refractivity contribution in [2.45, 2.75) is 19.0 Å². The number of carbonyl (C=O) groups excluding carboxylic acids is 1. The molecule has 0 unspecified atom stereocenters. The van der Waals surface area contributed by atoms with Crippen molar-refractivity contribution < 1.29 is 18.0 Å². The number of halogens is 4. The third kappa shape index (κ3) is 2.60. The molecule has 1 fully saturated rings. The molecular formula is C12H10ClF3N2OS. The lowest BCUT2D eigenvalue weighted by Gasteiger charge is -2.18. The summed E-state index contributed by atoms with van der Waals surface area (Å²) in [4.78, 5) is 12.0. The van der Waals surface area contributed by atoms with E-state index >= 15 is 0 Å². The average molecular weight is 323 g/mol. The van der Waals surface area contributed by atoms with Crippen LogP contribution in [0.2, 0.25) is 5.02 Å². The van der Waals surface area contributed by atoms with Crippen LogP contribution in [0.15, 0.2) is 18.2 Å². The molecule has 0 radical (unpaired) electrons. The van der Waals surface area contributed by atoms with Crippen LogP contribution in [0.3, 0.4) is 0 Å². The van der Waals surface area contributed by atoms with E-state index < -0.39 is 28.7 Å². The first kappa shape index (κ1) is 15.1. The van der Waals surface area contributed by atoms with Crippen molar-refractivity contribution in [3.8, 4) is 0 Å². The minimum absolute atomic E-state index is 0.0180. The summed E-state index contributed by atoms with van der Waals surface area (Å²) in [5, 5.41) is 2.02. The molecule has 0 bridgehead atoms. The van der Waals surface area contributed by atoms with E-state index in [9.17, 15) is 18.0 Å². The van der Waals surface area contributed by atoms with E-state index in [0.717, 1.165) is 6.07 Å². The molecule has 20 heavy (non-hydrogen) atoms. The van der Waals surface area contributed by atoms with Crippen LogP contribution in [-0.2, 0) is 11.0 Å². The van der Waals surface area contributed by atoms with E-state index in [2.05, 4.69) is 5.32 Å². The first-order valence-corrected chi connectivity index (χ1v) is 6.44. The topological polar surface area (TPSA) is 55.1 Å². The summed E-state index contributed by atoms with van der Waals surface area (Å²) in [5.41, 5.74) is 2.95. The number of para-hydroxylation sites is 1. The predicted molar refractivity (Wildman–Crippen MR) is 73.5 cm³/mol. The van der Waals surface area contributed by atoms with E-state index in [1.807, 2.05) is 0 Å². The molecule has 1 aromatic rings. The summed E-state index contributed by atoms with van der Waals surface area (Å²) < 4.78 is 38.7. The zero-order valence-electron chi connectivity index (χ0n) is 10.1. The van der Waals surface area contributed by atoms with Gasteiger partial charge in [0.05, 0.1) is 26.7 Å². The van der Waals surface area contributed by atoms with E-state index in [-0.39, 0.29) is 10.0 Å². The number of alkyl halides is 3. The van der Waals surface area contributed by atoms with Crippen LogP contribution >= 0.6 is 23.8 Å². The smallest absolute Gasteiger partial charge is 0.392 e. The Kier molecular flexibility index (Phi) is 3.68. The predicted octanol–water partition coefficient (Wildman–Crippen LogP) is 3.36. The summed E-state index contributed by atoms with van der Waals surface area (Å²) in [6.07, 6.45) is -3.76. The Labute approximate surface area is 123 Å². The molecule has 0 spiro atoms. The van der Waals surface area contributed by atoms with Crippen molar-refractivity contribution in [3.05, 3.63) is 28.8 Å². The maximum Gasteiger partial charge on any atom is 0.418 e. The molecule has 0 aromatic heterocycles. The molecule has 1 amide bonds. The van der Waals surface area contributed by atoms with Gasteiger partial charge in [0, 0.05) is 0 Å². The van der Waals surface area contributed by atoms with Crippen molar-refractivity contribution in [1.82, 2.24) is 0 Å². The van der Waals surface area contributed by atoms with Gasteiger partial charge in [0.15, 0.2) is 0 Å². The fourth-order valence-corrected chi connectivity index (χ4v) is 2.35. The fourth-order valence-electron chi connectivity index (χ4n) is 1.83. The Balaban J connectivity index is 2.35. The maximum absolute atomic E-state index is 12.9. The Morgan fingerprint density at radius 2 is 2.00 bits per heavy atom. The monoisotopic (exact) mass is 322 g/mol. The molecule has 0 saturated heterocycles. The third-order valence-corrected chi connectivity index (χ3v) is 3.92. The van der Waals surface area contributed by atoms with Crippen LogP contribution in [0.1, 0.15) is 18.4 Å². The van der Waals surface area contributed by atoms with E-state index in [1.165, 1.54) is 12.1 Å². The number of thiocarbonyl (C=S) groups is 1. The first-order valence-electron chi connectivity index (χ1n) is 5.65. The standard InChI is InChI=1S/C12H10ClF3N2OS/c13-7-3-1-2-6(12(14,15)16)8(7)18-10(19)11(4-5-11)9(17)20/h1-3H,4-5H2,(H2,17,20)(H,18,19). The lowest BCUT2D eigenvalue weighted by atomic mass is 10.1. The fraction of sp³-hybridized carbons (Fsp3) is 0.333. The molecule has 0 aliphatic heterocycles. The van der Waals surface area contributed by atoms with Gasteiger partial charge in [-0.3, -0.25) is 4.79 Å². The molecule has 1 aromatic carbocycles. The second-order valence-corrected chi connectivity index (χ2v) is 5.41. The van der Waals surface area contributed by atoms with Crippen molar-refractivity contribution in [3.63, 3.8) is 0 Å². The van der Waals surface area contributed by atoms with Crippen LogP contribution in [0.25, 0.3) is 0 Å². The van der Waals surface area contributed by atoms with Crippen molar-refractivity contribution in [2.24, 2.45) is 11.1 Å². The Morgan fingerprint density at radius 1 is 1.40 bits per heavy atom. The van der Waals surface area contributed by atoms with E-state index in [0.29, 0.717) is 12.8 Å². The quantitative estimate of drug-likeness (QED) is 0.839. The summed E-state index contributed by atoms with van der Waals surface area (Å²) in [6, 6.07) is 3.29. The minimum atomic E-state index is -4.62. The summed E-state index contributed by atoms with van der Waals surface area (Å²) in [6.45, 7) is 0. The van der Waals surface area contributed by atoms with Crippen molar-refractivity contribution >= 4 is 40.4 Å². The molecule has 1 aliphatic rings. The zero-order valence-corrected chi connectivity index (χ0v) is 11.6. The number of benzene rings is 1. The number of hydrogen-bond acceptors (Lipinski definition) is 2. The van der Waals surface area contributed by atoms with Gasteiger partial charge in [-0.25, -0.2) is 0 Å². The summed E-state index contributed by atoms with van der Waals surface area (Å²) in [5.74, 6) is -0.649. The Morgan fingerprint density at radius 3 is 2.45 bits per heavy atom. The molecule has 3 N–H and O–H groups in total. The Hall–Kier alpha value is -1.34. The highest BCUT2D eigenvalue weighted by Crippen LogP contribution is 2.48. The van der Waals surface area contributed by atoms with Gasteiger partial charge in [0.2, 0.25) is 5.91 Å². The van der Waals surface area contributed by atoms with Crippen molar-refractivity contribution in [2.75, 3.05) is 5.32 Å². The SMILES string of the molecule is NC(=S)C1(C(=O)Nc2c(Cl)cccc2C(F)(F)F)CC1. The maximum atomic E-state index is 12.9. The van der Waals surface area contributed by atoms with Crippen LogP contribution in [-0.4, -0.2) is 10.9 Å². The van der Waals surface area contributed by atoms with E-state index in [1.54, 1.807) is 0 Å². The van der Waals surface area contributed by atoms with Gasteiger partial charge >= 0.3 is 6.18 Å².